The predicted molar refractivity (Wildman–Crippen MR) is 84.2 cm³/mol. The van der Waals surface area contributed by atoms with E-state index in [2.05, 4.69) is 30.3 Å². The Labute approximate surface area is 130 Å². The largest absolute Gasteiger partial charge is 0.311 e. The fourth-order valence-corrected chi connectivity index (χ4v) is 2.72. The number of rotatable bonds is 6. The Hall–Kier alpha value is -1.39. The fraction of sp³-hybridized carbons (Fsp3) is 0.438. The summed E-state index contributed by atoms with van der Waals surface area (Å²) in [4.78, 5) is 0. The smallest absolute Gasteiger partial charge is 0.127 e. The molecule has 3 nitrogen and oxygen atoms in total. The fourth-order valence-electron chi connectivity index (χ4n) is 2.48. The number of nitrogens with one attached hydrogen (secondary N) is 1. The molecule has 0 aliphatic heterocycles. The average Bonchev–Trinajstić information content (AvgIpc) is 2.90. The number of aryl methyl sites for hydroxylation is 2. The summed E-state index contributed by atoms with van der Waals surface area (Å²) in [5, 5.41) is 8.27. The lowest BCUT2D eigenvalue weighted by Crippen LogP contribution is -2.23. The molecule has 0 radical (unpaired) electrons. The second-order valence-corrected chi connectivity index (χ2v) is 5.38. The van der Waals surface area contributed by atoms with Gasteiger partial charge < -0.3 is 5.32 Å². The van der Waals surface area contributed by atoms with Gasteiger partial charge in [0.1, 0.15) is 5.82 Å². The van der Waals surface area contributed by atoms with E-state index in [4.69, 9.17) is 11.6 Å². The van der Waals surface area contributed by atoms with Gasteiger partial charge in [0.05, 0.1) is 17.4 Å². The molecule has 1 heterocycles. The summed E-state index contributed by atoms with van der Waals surface area (Å²) in [6, 6.07) is 6.86. The van der Waals surface area contributed by atoms with Crippen LogP contribution in [0, 0.1) is 5.82 Å². The van der Waals surface area contributed by atoms with Crippen molar-refractivity contribution in [2.75, 3.05) is 7.05 Å². The van der Waals surface area contributed by atoms with Crippen molar-refractivity contribution in [2.24, 2.45) is 0 Å². The van der Waals surface area contributed by atoms with Gasteiger partial charge in [-0.1, -0.05) is 24.6 Å². The van der Waals surface area contributed by atoms with E-state index in [1.54, 1.807) is 12.1 Å². The molecule has 0 fully saturated rings. The van der Waals surface area contributed by atoms with Crippen LogP contribution in [0.15, 0.2) is 24.3 Å². The molecule has 0 spiro atoms. The first-order valence-electron chi connectivity index (χ1n) is 7.27. The number of nitrogens with zero attached hydrogens (tertiary/aromatic N) is 2. The quantitative estimate of drug-likeness (QED) is 0.880. The van der Waals surface area contributed by atoms with Crippen LogP contribution in [-0.4, -0.2) is 16.8 Å². The Morgan fingerprint density at radius 3 is 2.71 bits per heavy atom. The Bertz CT molecular complexity index is 589. The van der Waals surface area contributed by atoms with Crippen molar-refractivity contribution in [3.05, 3.63) is 52.1 Å². The van der Waals surface area contributed by atoms with Crippen LogP contribution in [0.4, 0.5) is 4.39 Å². The molecule has 0 saturated heterocycles. The first-order chi connectivity index (χ1) is 10.1. The minimum Gasteiger partial charge on any atom is -0.311 e. The number of hydrogen-bond acceptors (Lipinski definition) is 2. The van der Waals surface area contributed by atoms with Gasteiger partial charge in [-0.15, -0.1) is 0 Å². The zero-order valence-electron chi connectivity index (χ0n) is 12.7. The van der Waals surface area contributed by atoms with Crippen molar-refractivity contribution in [1.29, 1.82) is 0 Å². The molecule has 0 saturated carbocycles. The molecule has 21 heavy (non-hydrogen) atoms. The predicted octanol–water partition coefficient (Wildman–Crippen LogP) is 3.76. The zero-order chi connectivity index (χ0) is 15.4. The molecule has 1 N–H and O–H groups in total. The highest BCUT2D eigenvalue weighted by molar-refractivity contribution is 6.31. The molecule has 2 aromatic rings. The summed E-state index contributed by atoms with van der Waals surface area (Å²) >= 11 is 6.13. The van der Waals surface area contributed by atoms with Gasteiger partial charge in [0.2, 0.25) is 0 Å². The lowest BCUT2D eigenvalue weighted by molar-refractivity contribution is 0.501. The molecule has 1 atom stereocenters. The van der Waals surface area contributed by atoms with Crippen LogP contribution in [0.5, 0.6) is 0 Å². The monoisotopic (exact) mass is 309 g/mol. The summed E-state index contributed by atoms with van der Waals surface area (Å²) in [6.07, 6.45) is 1.38. The molecule has 1 unspecified atom stereocenters. The van der Waals surface area contributed by atoms with Gasteiger partial charge in [0.15, 0.2) is 0 Å². The van der Waals surface area contributed by atoms with E-state index in [0.29, 0.717) is 17.0 Å². The van der Waals surface area contributed by atoms with Crippen LogP contribution in [0.1, 0.15) is 36.8 Å². The van der Waals surface area contributed by atoms with Crippen LogP contribution >= 0.6 is 11.6 Å². The van der Waals surface area contributed by atoms with Gasteiger partial charge in [-0.3, -0.25) is 4.68 Å². The second-order valence-electron chi connectivity index (χ2n) is 4.98. The minimum absolute atomic E-state index is 0.0212. The van der Waals surface area contributed by atoms with E-state index >= 15 is 0 Å². The SMILES string of the molecule is CCc1cc(C(Cc2c(F)cccc2Cl)NC)n(CC)n1. The Balaban J connectivity index is 2.34. The van der Waals surface area contributed by atoms with Gasteiger partial charge in [0, 0.05) is 17.1 Å². The van der Waals surface area contributed by atoms with Gasteiger partial charge in [0.25, 0.3) is 0 Å². The third-order valence-electron chi connectivity index (χ3n) is 3.70. The number of likely N-dealkylation sites (N-methyl/N-ethyl adjacent to an activating group) is 1. The van der Waals surface area contributed by atoms with Crippen LogP contribution < -0.4 is 5.32 Å². The van der Waals surface area contributed by atoms with E-state index in [0.717, 1.165) is 24.4 Å². The van der Waals surface area contributed by atoms with Gasteiger partial charge >= 0.3 is 0 Å². The van der Waals surface area contributed by atoms with Crippen LogP contribution in [0.3, 0.4) is 0 Å². The van der Waals surface area contributed by atoms with Gasteiger partial charge in [-0.2, -0.15) is 5.10 Å². The van der Waals surface area contributed by atoms with Crippen molar-refractivity contribution in [1.82, 2.24) is 15.1 Å². The summed E-state index contributed by atoms with van der Waals surface area (Å²) in [7, 11) is 1.87. The normalized spacial score (nSPS) is 12.6. The van der Waals surface area contributed by atoms with Crippen LogP contribution in [0.2, 0.25) is 5.02 Å². The Kier molecular flexibility index (Phi) is 5.37. The molecular formula is C16H21ClFN3. The molecule has 114 valence electrons. The van der Waals surface area contributed by atoms with E-state index in [9.17, 15) is 4.39 Å². The van der Waals surface area contributed by atoms with Crippen molar-refractivity contribution < 1.29 is 4.39 Å². The standard InChI is InChI=1S/C16H21ClFN3/c1-4-11-9-16(21(5-2)20-11)15(19-3)10-12-13(17)7-6-8-14(12)18/h6-9,15,19H,4-5,10H2,1-3H3. The summed E-state index contributed by atoms with van der Waals surface area (Å²) in [5.41, 5.74) is 2.66. The van der Waals surface area contributed by atoms with E-state index in [-0.39, 0.29) is 11.9 Å². The third kappa shape index (κ3) is 3.44. The lowest BCUT2D eigenvalue weighted by Gasteiger charge is -2.18. The summed E-state index contributed by atoms with van der Waals surface area (Å²) in [5.74, 6) is -0.263. The number of aromatic nitrogens is 2. The van der Waals surface area contributed by atoms with Crippen molar-refractivity contribution in [3.63, 3.8) is 0 Å². The number of halogens is 2. The van der Waals surface area contributed by atoms with Crippen molar-refractivity contribution in [2.45, 2.75) is 39.3 Å². The minimum atomic E-state index is -0.263. The molecule has 2 rings (SSSR count). The molecule has 1 aromatic heterocycles. The molecule has 0 aliphatic rings. The highest BCUT2D eigenvalue weighted by atomic mass is 35.5. The first-order valence-corrected chi connectivity index (χ1v) is 7.65. The number of benzene rings is 1. The lowest BCUT2D eigenvalue weighted by atomic mass is 10.0. The first kappa shape index (κ1) is 16.0. The maximum absolute atomic E-state index is 14.0. The van der Waals surface area contributed by atoms with Crippen molar-refractivity contribution in [3.8, 4) is 0 Å². The molecule has 5 heteroatoms. The molecular weight excluding hydrogens is 289 g/mol. The average molecular weight is 310 g/mol. The van der Waals surface area contributed by atoms with Crippen LogP contribution in [0.25, 0.3) is 0 Å². The van der Waals surface area contributed by atoms with Crippen molar-refractivity contribution >= 4 is 11.6 Å². The molecule has 1 aromatic carbocycles. The summed E-state index contributed by atoms with van der Waals surface area (Å²) in [6.45, 7) is 4.92. The Morgan fingerprint density at radius 2 is 2.14 bits per heavy atom. The molecule has 0 bridgehead atoms. The molecule has 0 aliphatic carbocycles. The zero-order valence-corrected chi connectivity index (χ0v) is 13.4. The molecule has 0 amide bonds. The second kappa shape index (κ2) is 7.05. The van der Waals surface area contributed by atoms with E-state index < -0.39 is 0 Å². The Morgan fingerprint density at radius 1 is 1.38 bits per heavy atom. The highest BCUT2D eigenvalue weighted by Gasteiger charge is 2.19. The maximum atomic E-state index is 14.0. The third-order valence-corrected chi connectivity index (χ3v) is 4.05. The van der Waals surface area contributed by atoms with E-state index in [1.807, 2.05) is 11.7 Å². The van der Waals surface area contributed by atoms with Gasteiger partial charge in [-0.05, 0) is 45.0 Å². The van der Waals surface area contributed by atoms with E-state index in [1.165, 1.54) is 6.07 Å². The topological polar surface area (TPSA) is 29.9 Å². The number of hydrogen-bond donors (Lipinski definition) is 1. The van der Waals surface area contributed by atoms with Gasteiger partial charge in [-0.25, -0.2) is 4.39 Å². The maximum Gasteiger partial charge on any atom is 0.127 e. The summed E-state index contributed by atoms with van der Waals surface area (Å²) < 4.78 is 15.9. The van der Waals surface area contributed by atoms with Crippen LogP contribution in [-0.2, 0) is 19.4 Å². The highest BCUT2D eigenvalue weighted by Crippen LogP contribution is 2.26.